The van der Waals surface area contributed by atoms with Gasteiger partial charge in [-0.3, -0.25) is 14.5 Å². The molecule has 1 aromatic carbocycles. The minimum absolute atomic E-state index is 0.101. The number of carbonyl (C=O) groups is 2. The second-order valence-electron chi connectivity index (χ2n) is 7.77. The topological polar surface area (TPSA) is 92.6 Å². The van der Waals surface area contributed by atoms with Gasteiger partial charge in [0.25, 0.3) is 0 Å². The third-order valence-electron chi connectivity index (χ3n) is 5.91. The summed E-state index contributed by atoms with van der Waals surface area (Å²) in [5.41, 5.74) is 1.56. The minimum Gasteiger partial charge on any atom is -0.378 e. The number of fused-ring (bicyclic) bond motifs is 1. The normalized spacial score (nSPS) is 22.9. The molecule has 2 aliphatic rings. The lowest BCUT2D eigenvalue weighted by Crippen LogP contribution is -2.45. The number of morpholine rings is 1. The van der Waals surface area contributed by atoms with Gasteiger partial charge in [0.1, 0.15) is 17.6 Å². The Kier molecular flexibility index (Phi) is 6.05. The molecule has 0 unspecified atom stereocenters. The predicted octanol–water partition coefficient (Wildman–Crippen LogP) is 0.259. The van der Waals surface area contributed by atoms with Gasteiger partial charge in [-0.05, 0) is 32.0 Å². The summed E-state index contributed by atoms with van der Waals surface area (Å²) in [7, 11) is 2.04. The van der Waals surface area contributed by atoms with Crippen molar-refractivity contribution in [2.24, 2.45) is 0 Å². The Morgan fingerprint density at radius 1 is 1.10 bits per heavy atom. The van der Waals surface area contributed by atoms with Crippen LogP contribution in [0, 0.1) is 0 Å². The summed E-state index contributed by atoms with van der Waals surface area (Å²) < 4.78 is 5.32. The van der Waals surface area contributed by atoms with Crippen LogP contribution in [0.4, 0.5) is 0 Å². The molecular formula is C20H28N6O3. The van der Waals surface area contributed by atoms with E-state index in [4.69, 9.17) is 4.74 Å². The van der Waals surface area contributed by atoms with E-state index in [1.807, 2.05) is 36.2 Å². The summed E-state index contributed by atoms with van der Waals surface area (Å²) in [6.45, 7) is 3.29. The first kappa shape index (κ1) is 19.8. The molecule has 1 aromatic heterocycles. The van der Waals surface area contributed by atoms with E-state index in [0.29, 0.717) is 39.3 Å². The SMILES string of the molecule is CN1[C@@H](CC(=O)N2CCOCC2)CC[C@H]1CNC(=O)Cn1nc2ccccc2n1. The van der Waals surface area contributed by atoms with Gasteiger partial charge < -0.3 is 15.0 Å². The highest BCUT2D eigenvalue weighted by molar-refractivity contribution is 5.77. The molecule has 2 aliphatic heterocycles. The standard InChI is InChI=1S/C20H28N6O3/c1-24-15(12-20(28)25-8-10-29-11-9-25)6-7-16(24)13-21-19(27)14-26-22-17-4-2-3-5-18(17)23-26/h2-5,15-16H,6-14H2,1H3,(H,21,27)/t15-,16+/m1/s1. The number of nitrogens with zero attached hydrogens (tertiary/aromatic N) is 5. The molecule has 0 radical (unpaired) electrons. The highest BCUT2D eigenvalue weighted by Crippen LogP contribution is 2.25. The number of carbonyl (C=O) groups excluding carboxylic acids is 2. The van der Waals surface area contributed by atoms with E-state index in [9.17, 15) is 9.59 Å². The molecule has 156 valence electrons. The van der Waals surface area contributed by atoms with Crippen LogP contribution in [-0.2, 0) is 20.9 Å². The van der Waals surface area contributed by atoms with Crippen LogP contribution < -0.4 is 5.32 Å². The highest BCUT2D eigenvalue weighted by Gasteiger charge is 2.33. The van der Waals surface area contributed by atoms with E-state index in [0.717, 1.165) is 23.9 Å². The summed E-state index contributed by atoms with van der Waals surface area (Å²) in [5.74, 6) is 0.0956. The molecule has 3 heterocycles. The minimum atomic E-state index is -0.105. The monoisotopic (exact) mass is 400 g/mol. The van der Waals surface area contributed by atoms with Gasteiger partial charge in [-0.1, -0.05) is 12.1 Å². The molecule has 2 amide bonds. The van der Waals surface area contributed by atoms with Crippen LogP contribution in [0.1, 0.15) is 19.3 Å². The molecule has 0 spiro atoms. The van der Waals surface area contributed by atoms with Gasteiger partial charge in [-0.15, -0.1) is 0 Å². The Morgan fingerprint density at radius 3 is 2.45 bits per heavy atom. The molecule has 2 fully saturated rings. The van der Waals surface area contributed by atoms with Gasteiger partial charge in [0.05, 0.1) is 13.2 Å². The van der Waals surface area contributed by atoms with Crippen molar-refractivity contribution in [1.82, 2.24) is 30.1 Å². The Bertz CT molecular complexity index is 830. The van der Waals surface area contributed by atoms with Crippen molar-refractivity contribution in [3.63, 3.8) is 0 Å². The molecular weight excluding hydrogens is 372 g/mol. The van der Waals surface area contributed by atoms with E-state index >= 15 is 0 Å². The molecule has 2 saturated heterocycles. The van der Waals surface area contributed by atoms with E-state index in [2.05, 4.69) is 20.4 Å². The largest absolute Gasteiger partial charge is 0.378 e. The summed E-state index contributed by atoms with van der Waals surface area (Å²) in [5, 5.41) is 11.6. The van der Waals surface area contributed by atoms with Gasteiger partial charge in [0, 0.05) is 38.1 Å². The smallest absolute Gasteiger partial charge is 0.243 e. The maximum absolute atomic E-state index is 12.5. The van der Waals surface area contributed by atoms with Crippen molar-refractivity contribution in [2.45, 2.75) is 37.9 Å². The number of likely N-dealkylation sites (N-methyl/N-ethyl adjacent to an activating group) is 1. The zero-order chi connectivity index (χ0) is 20.2. The maximum Gasteiger partial charge on any atom is 0.243 e. The lowest BCUT2D eigenvalue weighted by molar-refractivity contribution is -0.136. The van der Waals surface area contributed by atoms with E-state index in [1.54, 1.807) is 0 Å². The molecule has 0 bridgehead atoms. The molecule has 0 saturated carbocycles. The van der Waals surface area contributed by atoms with Crippen molar-refractivity contribution in [3.8, 4) is 0 Å². The van der Waals surface area contributed by atoms with Crippen LogP contribution in [0.25, 0.3) is 11.0 Å². The van der Waals surface area contributed by atoms with Crippen molar-refractivity contribution in [1.29, 1.82) is 0 Å². The highest BCUT2D eigenvalue weighted by atomic mass is 16.5. The van der Waals surface area contributed by atoms with Gasteiger partial charge >= 0.3 is 0 Å². The second-order valence-corrected chi connectivity index (χ2v) is 7.77. The van der Waals surface area contributed by atoms with Crippen LogP contribution in [0.15, 0.2) is 24.3 Å². The molecule has 4 rings (SSSR count). The number of hydrogen-bond donors (Lipinski definition) is 1. The quantitative estimate of drug-likeness (QED) is 0.748. The molecule has 9 heteroatoms. The van der Waals surface area contributed by atoms with Crippen LogP contribution in [0.5, 0.6) is 0 Å². The maximum atomic E-state index is 12.5. The fourth-order valence-electron chi connectivity index (χ4n) is 4.12. The van der Waals surface area contributed by atoms with Crippen LogP contribution in [0.2, 0.25) is 0 Å². The fraction of sp³-hybridized carbons (Fsp3) is 0.600. The van der Waals surface area contributed by atoms with Crippen LogP contribution >= 0.6 is 0 Å². The number of hydrogen-bond acceptors (Lipinski definition) is 6. The summed E-state index contributed by atoms with van der Waals surface area (Å²) >= 11 is 0. The Balaban J connectivity index is 1.23. The van der Waals surface area contributed by atoms with Crippen molar-refractivity contribution in [3.05, 3.63) is 24.3 Å². The third kappa shape index (κ3) is 4.73. The zero-order valence-corrected chi connectivity index (χ0v) is 16.8. The van der Waals surface area contributed by atoms with E-state index in [1.165, 1.54) is 4.80 Å². The summed E-state index contributed by atoms with van der Waals surface area (Å²) in [6, 6.07) is 8.02. The number of benzene rings is 1. The third-order valence-corrected chi connectivity index (χ3v) is 5.91. The van der Waals surface area contributed by atoms with Crippen molar-refractivity contribution in [2.75, 3.05) is 39.9 Å². The number of amides is 2. The van der Waals surface area contributed by atoms with Crippen LogP contribution in [0.3, 0.4) is 0 Å². The number of likely N-dealkylation sites (tertiary alicyclic amines) is 1. The van der Waals surface area contributed by atoms with Crippen molar-refractivity contribution >= 4 is 22.8 Å². The summed E-state index contributed by atoms with van der Waals surface area (Å²) in [6.07, 6.45) is 2.48. The first-order chi connectivity index (χ1) is 14.1. The Morgan fingerprint density at radius 2 is 1.76 bits per heavy atom. The van der Waals surface area contributed by atoms with Gasteiger partial charge in [-0.2, -0.15) is 15.0 Å². The number of aromatic nitrogens is 3. The fourth-order valence-corrected chi connectivity index (χ4v) is 4.12. The van der Waals surface area contributed by atoms with E-state index in [-0.39, 0.29) is 30.4 Å². The number of ether oxygens (including phenoxy) is 1. The Labute approximate surface area is 170 Å². The summed E-state index contributed by atoms with van der Waals surface area (Å²) in [4.78, 5) is 30.4. The molecule has 2 atom stereocenters. The lowest BCUT2D eigenvalue weighted by Gasteiger charge is -2.30. The predicted molar refractivity (Wildman–Crippen MR) is 107 cm³/mol. The number of nitrogens with one attached hydrogen (secondary N) is 1. The molecule has 2 aromatic rings. The number of rotatable bonds is 6. The molecule has 0 aliphatic carbocycles. The first-order valence-corrected chi connectivity index (χ1v) is 10.2. The van der Waals surface area contributed by atoms with Gasteiger partial charge in [0.15, 0.2) is 0 Å². The molecule has 1 N–H and O–H groups in total. The van der Waals surface area contributed by atoms with E-state index < -0.39 is 0 Å². The average Bonchev–Trinajstić information content (AvgIpc) is 3.30. The first-order valence-electron chi connectivity index (χ1n) is 10.2. The molecule has 9 nitrogen and oxygen atoms in total. The lowest BCUT2D eigenvalue weighted by atomic mass is 10.1. The van der Waals surface area contributed by atoms with Gasteiger partial charge in [-0.25, -0.2) is 0 Å². The second kappa shape index (κ2) is 8.87. The Hall–Kier alpha value is -2.52. The zero-order valence-electron chi connectivity index (χ0n) is 16.8. The van der Waals surface area contributed by atoms with Gasteiger partial charge in [0.2, 0.25) is 11.8 Å². The average molecular weight is 400 g/mol. The van der Waals surface area contributed by atoms with Crippen LogP contribution in [-0.4, -0.2) is 88.6 Å². The molecule has 29 heavy (non-hydrogen) atoms. The van der Waals surface area contributed by atoms with Crippen molar-refractivity contribution < 1.29 is 14.3 Å².